The van der Waals surface area contributed by atoms with Gasteiger partial charge in [-0.1, -0.05) is 12.1 Å². The molecule has 104 valence electrons. The Morgan fingerprint density at radius 3 is 2.53 bits per heavy atom. The third-order valence-electron chi connectivity index (χ3n) is 3.91. The summed E-state index contributed by atoms with van der Waals surface area (Å²) in [6, 6.07) is 5.88. The molecule has 1 saturated heterocycles. The van der Waals surface area contributed by atoms with Crippen molar-refractivity contribution in [2.24, 2.45) is 0 Å². The SMILES string of the molecule is Cc1cccc(C(=O)N2CCN(CCO)CC2)c1C. The molecule has 1 amide bonds. The maximum Gasteiger partial charge on any atom is 0.254 e. The number of aliphatic hydroxyl groups excluding tert-OH is 1. The summed E-state index contributed by atoms with van der Waals surface area (Å²) in [5, 5.41) is 8.92. The third kappa shape index (κ3) is 3.14. The van der Waals surface area contributed by atoms with Gasteiger partial charge in [-0.3, -0.25) is 9.69 Å². The lowest BCUT2D eigenvalue weighted by molar-refractivity contribution is 0.0614. The fraction of sp³-hybridized carbons (Fsp3) is 0.533. The molecular formula is C15H22N2O2. The van der Waals surface area contributed by atoms with Gasteiger partial charge in [0.2, 0.25) is 0 Å². The quantitative estimate of drug-likeness (QED) is 0.885. The molecule has 1 aromatic rings. The van der Waals surface area contributed by atoms with Gasteiger partial charge in [0.05, 0.1) is 6.61 Å². The first-order chi connectivity index (χ1) is 9.13. The van der Waals surface area contributed by atoms with Crippen LogP contribution < -0.4 is 0 Å². The summed E-state index contributed by atoms with van der Waals surface area (Å²) < 4.78 is 0. The fourth-order valence-corrected chi connectivity index (χ4v) is 2.47. The van der Waals surface area contributed by atoms with Crippen molar-refractivity contribution in [3.05, 3.63) is 34.9 Å². The number of piperazine rings is 1. The molecule has 0 bridgehead atoms. The molecule has 19 heavy (non-hydrogen) atoms. The molecule has 0 atom stereocenters. The molecule has 1 fully saturated rings. The van der Waals surface area contributed by atoms with Crippen LogP contribution in [0.25, 0.3) is 0 Å². The lowest BCUT2D eigenvalue weighted by Gasteiger charge is -2.34. The second-order valence-corrected chi connectivity index (χ2v) is 5.10. The van der Waals surface area contributed by atoms with Gasteiger partial charge in [0, 0.05) is 38.3 Å². The topological polar surface area (TPSA) is 43.8 Å². The number of benzene rings is 1. The molecule has 1 aliphatic rings. The normalized spacial score (nSPS) is 16.7. The minimum absolute atomic E-state index is 0.129. The number of hydrogen-bond acceptors (Lipinski definition) is 3. The summed E-state index contributed by atoms with van der Waals surface area (Å²) in [5.41, 5.74) is 3.05. The van der Waals surface area contributed by atoms with E-state index in [1.807, 2.05) is 36.9 Å². The first-order valence-corrected chi connectivity index (χ1v) is 6.82. The zero-order chi connectivity index (χ0) is 13.8. The van der Waals surface area contributed by atoms with Gasteiger partial charge in [0.25, 0.3) is 5.91 Å². The molecule has 0 saturated carbocycles. The van der Waals surface area contributed by atoms with E-state index in [1.54, 1.807) is 0 Å². The van der Waals surface area contributed by atoms with Crippen LogP contribution in [0.3, 0.4) is 0 Å². The number of hydrogen-bond donors (Lipinski definition) is 1. The van der Waals surface area contributed by atoms with E-state index in [0.29, 0.717) is 6.54 Å². The van der Waals surface area contributed by atoms with E-state index in [2.05, 4.69) is 4.90 Å². The fourth-order valence-electron chi connectivity index (χ4n) is 2.47. The van der Waals surface area contributed by atoms with E-state index in [-0.39, 0.29) is 12.5 Å². The van der Waals surface area contributed by atoms with Gasteiger partial charge in [-0.25, -0.2) is 0 Å². The minimum atomic E-state index is 0.129. The summed E-state index contributed by atoms with van der Waals surface area (Å²) in [6.07, 6.45) is 0. The molecule has 1 aromatic carbocycles. The predicted octanol–water partition coefficient (Wildman–Crippen LogP) is 1.05. The van der Waals surface area contributed by atoms with Crippen LogP contribution in [0.15, 0.2) is 18.2 Å². The third-order valence-corrected chi connectivity index (χ3v) is 3.91. The van der Waals surface area contributed by atoms with Crippen LogP contribution in [-0.2, 0) is 0 Å². The molecule has 1 heterocycles. The Kier molecular flexibility index (Phi) is 4.56. The largest absolute Gasteiger partial charge is 0.395 e. The monoisotopic (exact) mass is 262 g/mol. The highest BCUT2D eigenvalue weighted by atomic mass is 16.3. The minimum Gasteiger partial charge on any atom is -0.395 e. The Balaban J connectivity index is 2.03. The number of aryl methyl sites for hydroxylation is 1. The van der Waals surface area contributed by atoms with Gasteiger partial charge >= 0.3 is 0 Å². The lowest BCUT2D eigenvalue weighted by Crippen LogP contribution is -2.49. The van der Waals surface area contributed by atoms with Gasteiger partial charge in [0.1, 0.15) is 0 Å². The van der Waals surface area contributed by atoms with Crippen LogP contribution in [0.4, 0.5) is 0 Å². The second kappa shape index (κ2) is 6.17. The molecule has 0 spiro atoms. The first-order valence-electron chi connectivity index (χ1n) is 6.82. The highest BCUT2D eigenvalue weighted by molar-refractivity contribution is 5.96. The molecular weight excluding hydrogens is 240 g/mol. The Morgan fingerprint density at radius 2 is 1.89 bits per heavy atom. The molecule has 1 N–H and O–H groups in total. The molecule has 1 aliphatic heterocycles. The van der Waals surface area contributed by atoms with Crippen molar-refractivity contribution in [1.82, 2.24) is 9.80 Å². The zero-order valence-corrected chi connectivity index (χ0v) is 11.7. The predicted molar refractivity (Wildman–Crippen MR) is 75.3 cm³/mol. The van der Waals surface area contributed by atoms with E-state index < -0.39 is 0 Å². The molecule has 4 nitrogen and oxygen atoms in total. The van der Waals surface area contributed by atoms with Crippen LogP contribution in [0.5, 0.6) is 0 Å². The van der Waals surface area contributed by atoms with Gasteiger partial charge in [-0.05, 0) is 31.0 Å². The van der Waals surface area contributed by atoms with E-state index in [1.165, 1.54) is 0 Å². The molecule has 0 unspecified atom stereocenters. The number of aliphatic hydroxyl groups is 1. The maximum atomic E-state index is 12.5. The summed E-state index contributed by atoms with van der Waals surface area (Å²) in [5.74, 6) is 0.129. The van der Waals surface area contributed by atoms with Gasteiger partial charge in [-0.2, -0.15) is 0 Å². The highest BCUT2D eigenvalue weighted by Crippen LogP contribution is 2.16. The van der Waals surface area contributed by atoms with Crippen molar-refractivity contribution in [2.45, 2.75) is 13.8 Å². The van der Waals surface area contributed by atoms with Crippen molar-refractivity contribution in [1.29, 1.82) is 0 Å². The summed E-state index contributed by atoms with van der Waals surface area (Å²) in [7, 11) is 0. The van der Waals surface area contributed by atoms with E-state index in [0.717, 1.165) is 42.9 Å². The number of carbonyl (C=O) groups excluding carboxylic acids is 1. The second-order valence-electron chi connectivity index (χ2n) is 5.10. The van der Waals surface area contributed by atoms with Gasteiger partial charge in [-0.15, -0.1) is 0 Å². The maximum absolute atomic E-state index is 12.5. The number of nitrogens with zero attached hydrogens (tertiary/aromatic N) is 2. The molecule has 0 radical (unpaired) electrons. The Labute approximate surface area is 114 Å². The summed E-state index contributed by atoms with van der Waals surface area (Å²) in [6.45, 7) is 8.10. The smallest absolute Gasteiger partial charge is 0.254 e. The van der Waals surface area contributed by atoms with Gasteiger partial charge in [0.15, 0.2) is 0 Å². The van der Waals surface area contributed by atoms with E-state index in [9.17, 15) is 4.79 Å². The standard InChI is InChI=1S/C15H22N2O2/c1-12-4-3-5-14(13(12)2)15(19)17-8-6-16(7-9-17)10-11-18/h3-5,18H,6-11H2,1-2H3. The van der Waals surface area contributed by atoms with Crippen molar-refractivity contribution >= 4 is 5.91 Å². The van der Waals surface area contributed by atoms with E-state index in [4.69, 9.17) is 5.11 Å². The van der Waals surface area contributed by atoms with Crippen LogP contribution in [0.2, 0.25) is 0 Å². The van der Waals surface area contributed by atoms with Crippen LogP contribution >= 0.6 is 0 Å². The van der Waals surface area contributed by atoms with Crippen molar-refractivity contribution in [3.63, 3.8) is 0 Å². The average Bonchev–Trinajstić information content (AvgIpc) is 2.42. The Hall–Kier alpha value is -1.39. The van der Waals surface area contributed by atoms with Crippen LogP contribution in [-0.4, -0.2) is 60.1 Å². The molecule has 0 aromatic heterocycles. The van der Waals surface area contributed by atoms with Crippen molar-refractivity contribution < 1.29 is 9.90 Å². The highest BCUT2D eigenvalue weighted by Gasteiger charge is 2.22. The zero-order valence-electron chi connectivity index (χ0n) is 11.7. The van der Waals surface area contributed by atoms with Crippen molar-refractivity contribution in [2.75, 3.05) is 39.3 Å². The number of amides is 1. The van der Waals surface area contributed by atoms with Gasteiger partial charge < -0.3 is 10.0 Å². The Morgan fingerprint density at radius 1 is 1.21 bits per heavy atom. The number of β-amino-alcohol motifs (C(OH)–C–C–N with tert-alkyl or cyclic N) is 1. The van der Waals surface area contributed by atoms with Crippen LogP contribution in [0.1, 0.15) is 21.5 Å². The first kappa shape index (κ1) is 14.0. The van der Waals surface area contributed by atoms with E-state index >= 15 is 0 Å². The average molecular weight is 262 g/mol. The molecule has 0 aliphatic carbocycles. The summed E-state index contributed by atoms with van der Waals surface area (Å²) in [4.78, 5) is 16.6. The number of carbonyl (C=O) groups is 1. The Bertz CT molecular complexity index is 451. The number of rotatable bonds is 3. The van der Waals surface area contributed by atoms with Crippen molar-refractivity contribution in [3.8, 4) is 0 Å². The molecule has 2 rings (SSSR count). The lowest BCUT2D eigenvalue weighted by atomic mass is 10.0. The molecule has 4 heteroatoms. The van der Waals surface area contributed by atoms with Crippen LogP contribution in [0, 0.1) is 13.8 Å². The summed E-state index contributed by atoms with van der Waals surface area (Å²) >= 11 is 0.